The van der Waals surface area contributed by atoms with Crippen LogP contribution < -0.4 is 4.57 Å². The Bertz CT molecular complexity index is 639. The minimum Gasteiger partial charge on any atom is -0.463 e. The highest BCUT2D eigenvalue weighted by Gasteiger charge is 2.26. The molecule has 0 spiro atoms. The Morgan fingerprint density at radius 1 is 0.838 bits per heavy atom. The lowest BCUT2D eigenvalue weighted by atomic mass is 10.0. The molecule has 1 aromatic heterocycles. The van der Waals surface area contributed by atoms with Gasteiger partial charge in [0.15, 0.2) is 12.5 Å². The van der Waals surface area contributed by atoms with Crippen LogP contribution in [0.2, 0.25) is 0 Å². The Kier molecular flexibility index (Phi) is 20.0. The van der Waals surface area contributed by atoms with Crippen LogP contribution in [0.15, 0.2) is 17.1 Å². The van der Waals surface area contributed by atoms with E-state index in [1.165, 1.54) is 89.9 Å². The zero-order valence-electron chi connectivity index (χ0n) is 23.8. The Morgan fingerprint density at radius 3 is 2.05 bits per heavy atom. The second-order valence-electron chi connectivity index (χ2n) is 10.9. The van der Waals surface area contributed by atoms with Crippen molar-refractivity contribution in [2.45, 2.75) is 161 Å². The van der Waals surface area contributed by atoms with Crippen LogP contribution >= 0.6 is 11.3 Å². The molecule has 214 valence electrons. The molecule has 0 N–H and O–H groups in total. The van der Waals surface area contributed by atoms with Gasteiger partial charge >= 0.3 is 5.97 Å². The fourth-order valence-corrected chi connectivity index (χ4v) is 5.62. The fourth-order valence-electron chi connectivity index (χ4n) is 4.99. The van der Waals surface area contributed by atoms with Crippen LogP contribution in [0.5, 0.6) is 0 Å². The van der Waals surface area contributed by atoms with E-state index < -0.39 is 0 Å². The predicted molar refractivity (Wildman–Crippen MR) is 153 cm³/mol. The first-order chi connectivity index (χ1) is 18.3. The molecule has 0 aromatic carbocycles. The SMILES string of the molecule is CCCCCCCCCCCCCCCCC[C@@H]1OC[C@@H](COC(=O)CCCCCC[n+]2ccsc2)O1. The number of aromatic nitrogens is 1. The minimum atomic E-state index is -0.119. The number of carbonyl (C=O) groups is 1. The van der Waals surface area contributed by atoms with Crippen molar-refractivity contribution in [1.82, 2.24) is 0 Å². The molecule has 1 aliphatic rings. The largest absolute Gasteiger partial charge is 0.463 e. The summed E-state index contributed by atoms with van der Waals surface area (Å²) in [4.78, 5) is 12.0. The fraction of sp³-hybridized carbons (Fsp3) is 0.871. The van der Waals surface area contributed by atoms with Gasteiger partial charge < -0.3 is 14.2 Å². The van der Waals surface area contributed by atoms with Crippen LogP contribution in [-0.4, -0.2) is 31.6 Å². The normalized spacial score (nSPS) is 17.4. The Hall–Kier alpha value is -0.980. The molecule has 5 nitrogen and oxygen atoms in total. The molecule has 0 radical (unpaired) electrons. The molecule has 6 heteroatoms. The monoisotopic (exact) mass is 538 g/mol. The van der Waals surface area contributed by atoms with Crippen molar-refractivity contribution in [3.05, 3.63) is 17.1 Å². The van der Waals surface area contributed by atoms with Crippen LogP contribution in [0.4, 0.5) is 0 Å². The van der Waals surface area contributed by atoms with Crippen LogP contribution in [0.25, 0.3) is 0 Å². The number of thiazole rings is 1. The van der Waals surface area contributed by atoms with Gasteiger partial charge in [-0.2, -0.15) is 4.57 Å². The Balaban J connectivity index is 1.29. The molecule has 1 fully saturated rings. The number of nitrogens with zero attached hydrogens (tertiary/aromatic N) is 1. The summed E-state index contributed by atoms with van der Waals surface area (Å²) in [7, 11) is 0. The molecular formula is C31H56NO4S+. The highest BCUT2D eigenvalue weighted by molar-refractivity contribution is 7.07. The van der Waals surface area contributed by atoms with E-state index in [1.807, 2.05) is 0 Å². The Morgan fingerprint density at radius 2 is 1.43 bits per heavy atom. The average Bonchev–Trinajstić information content (AvgIpc) is 3.59. The maximum Gasteiger partial charge on any atom is 0.305 e. The molecule has 0 aliphatic carbocycles. The van der Waals surface area contributed by atoms with Gasteiger partial charge in [-0.25, -0.2) is 0 Å². The molecule has 37 heavy (non-hydrogen) atoms. The summed E-state index contributed by atoms with van der Waals surface area (Å²) in [6, 6.07) is 0. The molecular weight excluding hydrogens is 482 g/mol. The third-order valence-electron chi connectivity index (χ3n) is 7.36. The molecule has 0 unspecified atom stereocenters. The van der Waals surface area contributed by atoms with E-state index in [9.17, 15) is 4.79 Å². The second-order valence-corrected chi connectivity index (χ2v) is 11.6. The van der Waals surface area contributed by atoms with E-state index in [0.717, 1.165) is 45.1 Å². The topological polar surface area (TPSA) is 48.6 Å². The highest BCUT2D eigenvalue weighted by Crippen LogP contribution is 2.19. The lowest BCUT2D eigenvalue weighted by molar-refractivity contribution is -0.692. The number of rotatable bonds is 25. The van der Waals surface area contributed by atoms with Gasteiger partial charge in [-0.1, -0.05) is 115 Å². The van der Waals surface area contributed by atoms with Crippen LogP contribution in [0, 0.1) is 0 Å². The van der Waals surface area contributed by atoms with Crippen molar-refractivity contribution in [1.29, 1.82) is 0 Å². The number of esters is 1. The first-order valence-electron chi connectivity index (χ1n) is 15.6. The van der Waals surface area contributed by atoms with E-state index in [-0.39, 0.29) is 18.4 Å². The molecule has 2 rings (SSSR count). The molecule has 0 bridgehead atoms. The Labute approximate surface area is 231 Å². The third kappa shape index (κ3) is 18.0. The van der Waals surface area contributed by atoms with Gasteiger partial charge in [-0.05, 0) is 25.7 Å². The molecule has 1 aromatic rings. The number of carbonyl (C=O) groups excluding carboxylic acids is 1. The van der Waals surface area contributed by atoms with Gasteiger partial charge in [0.25, 0.3) is 0 Å². The summed E-state index contributed by atoms with van der Waals surface area (Å²) in [5.41, 5.74) is 2.14. The van der Waals surface area contributed by atoms with Crippen molar-refractivity contribution in [2.24, 2.45) is 0 Å². The van der Waals surface area contributed by atoms with Crippen molar-refractivity contribution in [3.63, 3.8) is 0 Å². The second kappa shape index (κ2) is 23.0. The first kappa shape index (κ1) is 32.2. The number of hydrogen-bond donors (Lipinski definition) is 0. The zero-order chi connectivity index (χ0) is 26.2. The zero-order valence-corrected chi connectivity index (χ0v) is 24.7. The number of hydrogen-bond acceptors (Lipinski definition) is 5. The highest BCUT2D eigenvalue weighted by atomic mass is 32.1. The van der Waals surface area contributed by atoms with Crippen molar-refractivity contribution in [3.8, 4) is 0 Å². The molecule has 1 saturated heterocycles. The lowest BCUT2D eigenvalue weighted by Gasteiger charge is -2.12. The number of ether oxygens (including phenoxy) is 3. The van der Waals surface area contributed by atoms with Gasteiger partial charge in [0.1, 0.15) is 19.3 Å². The first-order valence-corrected chi connectivity index (χ1v) is 16.6. The standard InChI is InChI=1S/C31H56NO4S/c1-2-3-4-5-6-7-8-9-10-11-12-13-14-15-19-22-31-35-27-29(36-31)26-34-30(33)21-18-16-17-20-23-32-24-25-37-28-32/h24-25,28-29,31H,2-23,26-27H2,1H3/q+1/t29-,31-/m1/s1. The summed E-state index contributed by atoms with van der Waals surface area (Å²) in [5, 5.41) is 2.10. The van der Waals surface area contributed by atoms with Crippen molar-refractivity contribution in [2.75, 3.05) is 13.2 Å². The number of unbranched alkanes of at least 4 members (excludes halogenated alkanes) is 17. The molecule has 2 atom stereocenters. The molecule has 0 amide bonds. The maximum atomic E-state index is 12.0. The maximum absolute atomic E-state index is 12.0. The van der Waals surface area contributed by atoms with Crippen molar-refractivity contribution >= 4 is 17.3 Å². The summed E-state index contributed by atoms with van der Waals surface area (Å²) in [6.45, 7) is 4.21. The average molecular weight is 539 g/mol. The smallest absolute Gasteiger partial charge is 0.305 e. The van der Waals surface area contributed by atoms with E-state index in [1.54, 1.807) is 11.3 Å². The van der Waals surface area contributed by atoms with Gasteiger partial charge in [-0.15, -0.1) is 0 Å². The summed E-state index contributed by atoms with van der Waals surface area (Å²) < 4.78 is 19.3. The van der Waals surface area contributed by atoms with Crippen molar-refractivity contribution < 1.29 is 23.6 Å². The van der Waals surface area contributed by atoms with Gasteiger partial charge in [-0.3, -0.25) is 4.79 Å². The molecule has 2 heterocycles. The number of aryl methyl sites for hydroxylation is 1. The van der Waals surface area contributed by atoms with Gasteiger partial charge in [0, 0.05) is 12.8 Å². The lowest BCUT2D eigenvalue weighted by Crippen LogP contribution is -2.29. The molecule has 1 aliphatic heterocycles. The van der Waals surface area contributed by atoms with Crippen LogP contribution in [-0.2, 0) is 25.5 Å². The van der Waals surface area contributed by atoms with E-state index in [0.29, 0.717) is 19.6 Å². The van der Waals surface area contributed by atoms with Crippen LogP contribution in [0.3, 0.4) is 0 Å². The summed E-state index contributed by atoms with van der Waals surface area (Å²) in [5.74, 6) is -0.110. The van der Waals surface area contributed by atoms with Gasteiger partial charge in [0.05, 0.1) is 12.0 Å². The van der Waals surface area contributed by atoms with E-state index in [4.69, 9.17) is 14.2 Å². The third-order valence-corrected chi connectivity index (χ3v) is 8.03. The van der Waals surface area contributed by atoms with E-state index >= 15 is 0 Å². The van der Waals surface area contributed by atoms with Crippen LogP contribution in [0.1, 0.15) is 142 Å². The summed E-state index contributed by atoms with van der Waals surface area (Å²) in [6.07, 6.45) is 28.3. The minimum absolute atomic E-state index is 0.104. The molecule has 0 saturated carbocycles. The summed E-state index contributed by atoms with van der Waals surface area (Å²) >= 11 is 1.72. The quantitative estimate of drug-likeness (QED) is 0.0711. The van der Waals surface area contributed by atoms with Gasteiger partial charge in [0.2, 0.25) is 5.51 Å². The van der Waals surface area contributed by atoms with E-state index in [2.05, 4.69) is 28.6 Å². The predicted octanol–water partition coefficient (Wildman–Crippen LogP) is 8.53.